The first-order chi connectivity index (χ1) is 26.3. The highest BCUT2D eigenvalue weighted by molar-refractivity contribution is 5.96. The maximum atomic E-state index is 14.7. The molecule has 0 bridgehead atoms. The molecule has 0 spiro atoms. The molecule has 1 aliphatic carbocycles. The van der Waals surface area contributed by atoms with E-state index in [2.05, 4.69) is 11.4 Å². The number of rotatable bonds is 8. The number of nitrogens with zero attached hydrogens (tertiary/aromatic N) is 3. The van der Waals surface area contributed by atoms with Gasteiger partial charge in [0.2, 0.25) is 17.7 Å². The zero-order valence-electron chi connectivity index (χ0n) is 31.5. The SMILES string of the molecule is CCOC(=O)[C@@]12C[C@H]1/C=C\CCCCC[C@H](CC(=O)N1CCCCC1)C(=O)N1C[C@H](Oc3cc(OC)cc4nc(-c5ccccc5)ccc34)C[C@H]1C(=O)N2. The predicted molar refractivity (Wildman–Crippen MR) is 205 cm³/mol. The van der Waals surface area contributed by atoms with Crippen molar-refractivity contribution in [3.8, 4) is 22.8 Å². The third-order valence-corrected chi connectivity index (χ3v) is 11.5. The predicted octanol–water partition coefficient (Wildman–Crippen LogP) is 6.24. The molecule has 4 aliphatic rings. The van der Waals surface area contributed by atoms with Gasteiger partial charge in [0.05, 0.1) is 31.5 Å². The van der Waals surface area contributed by atoms with Crippen LogP contribution in [0.2, 0.25) is 0 Å². The van der Waals surface area contributed by atoms with E-state index in [0.29, 0.717) is 42.9 Å². The van der Waals surface area contributed by atoms with Crippen molar-refractivity contribution in [1.29, 1.82) is 0 Å². The summed E-state index contributed by atoms with van der Waals surface area (Å²) in [5, 5.41) is 3.83. The van der Waals surface area contributed by atoms with Gasteiger partial charge in [0.25, 0.3) is 0 Å². The van der Waals surface area contributed by atoms with Crippen molar-refractivity contribution in [2.45, 2.75) is 95.2 Å². The van der Waals surface area contributed by atoms with Gasteiger partial charge in [-0.1, -0.05) is 55.3 Å². The molecule has 5 atom stereocenters. The van der Waals surface area contributed by atoms with Crippen LogP contribution in [0.25, 0.3) is 22.2 Å². The molecule has 0 radical (unpaired) electrons. The Hall–Kier alpha value is -4.93. The number of amides is 3. The molecule has 7 rings (SSSR count). The molecule has 3 fully saturated rings. The van der Waals surface area contributed by atoms with Gasteiger partial charge in [-0.15, -0.1) is 0 Å². The highest BCUT2D eigenvalue weighted by Crippen LogP contribution is 2.46. The number of fused-ring (bicyclic) bond motifs is 3. The summed E-state index contributed by atoms with van der Waals surface area (Å²) in [4.78, 5) is 64.5. The van der Waals surface area contributed by atoms with E-state index >= 15 is 0 Å². The monoisotopic (exact) mass is 736 g/mol. The van der Waals surface area contributed by atoms with Crippen molar-refractivity contribution in [3.05, 3.63) is 66.7 Å². The number of nitrogens with one attached hydrogen (secondary N) is 1. The Balaban J connectivity index is 1.20. The van der Waals surface area contributed by atoms with Crippen LogP contribution in [0.3, 0.4) is 0 Å². The highest BCUT2D eigenvalue weighted by atomic mass is 16.5. The van der Waals surface area contributed by atoms with E-state index < -0.39 is 35.5 Å². The van der Waals surface area contributed by atoms with Crippen LogP contribution in [-0.2, 0) is 23.9 Å². The molecule has 286 valence electrons. The first kappa shape index (κ1) is 37.4. The summed E-state index contributed by atoms with van der Waals surface area (Å²) in [6.45, 7) is 3.52. The first-order valence-electron chi connectivity index (χ1n) is 19.7. The number of hydrogen-bond acceptors (Lipinski definition) is 8. The Kier molecular flexibility index (Phi) is 11.5. The van der Waals surface area contributed by atoms with Gasteiger partial charge in [-0.2, -0.15) is 0 Å². The van der Waals surface area contributed by atoms with Crippen LogP contribution in [-0.4, -0.2) is 89.5 Å². The van der Waals surface area contributed by atoms with E-state index in [1.165, 1.54) is 0 Å². The number of allylic oxidation sites excluding steroid dienone is 1. The lowest BCUT2D eigenvalue weighted by molar-refractivity contribution is -0.150. The normalized spacial score (nSPS) is 26.8. The van der Waals surface area contributed by atoms with E-state index in [4.69, 9.17) is 19.2 Å². The third kappa shape index (κ3) is 8.10. The van der Waals surface area contributed by atoms with E-state index in [0.717, 1.165) is 61.6 Å². The third-order valence-electron chi connectivity index (χ3n) is 11.5. The number of benzene rings is 2. The largest absolute Gasteiger partial charge is 0.497 e. The van der Waals surface area contributed by atoms with E-state index in [-0.39, 0.29) is 43.7 Å². The van der Waals surface area contributed by atoms with Crippen LogP contribution in [0.4, 0.5) is 0 Å². The molecule has 0 unspecified atom stereocenters. The van der Waals surface area contributed by atoms with Crippen molar-refractivity contribution < 1.29 is 33.4 Å². The molecular weight excluding hydrogens is 684 g/mol. The molecule has 11 nitrogen and oxygen atoms in total. The number of methoxy groups -OCH3 is 1. The Bertz CT molecular complexity index is 1880. The molecule has 1 saturated carbocycles. The highest BCUT2D eigenvalue weighted by Gasteiger charge is 2.62. The fourth-order valence-corrected chi connectivity index (χ4v) is 8.35. The molecule has 11 heteroatoms. The average Bonchev–Trinajstić information content (AvgIpc) is 3.73. The second-order valence-electron chi connectivity index (χ2n) is 15.1. The maximum absolute atomic E-state index is 14.7. The first-order valence-corrected chi connectivity index (χ1v) is 19.7. The summed E-state index contributed by atoms with van der Waals surface area (Å²) >= 11 is 0. The number of pyridine rings is 1. The summed E-state index contributed by atoms with van der Waals surface area (Å²) in [6, 6.07) is 16.6. The average molecular weight is 737 g/mol. The van der Waals surface area contributed by atoms with Crippen molar-refractivity contribution in [1.82, 2.24) is 20.1 Å². The van der Waals surface area contributed by atoms with Gasteiger partial charge in [0.15, 0.2) is 0 Å². The zero-order valence-corrected chi connectivity index (χ0v) is 31.5. The Morgan fingerprint density at radius 3 is 2.56 bits per heavy atom. The van der Waals surface area contributed by atoms with Crippen molar-refractivity contribution in [3.63, 3.8) is 0 Å². The molecule has 4 heterocycles. The molecule has 3 aromatic rings. The number of carbonyl (C=O) groups excluding carboxylic acids is 4. The van der Waals surface area contributed by atoms with Gasteiger partial charge in [-0.25, -0.2) is 9.78 Å². The number of ether oxygens (including phenoxy) is 3. The maximum Gasteiger partial charge on any atom is 0.332 e. The number of piperidine rings is 1. The fourth-order valence-electron chi connectivity index (χ4n) is 8.35. The van der Waals surface area contributed by atoms with Gasteiger partial charge in [0, 0.05) is 60.8 Å². The summed E-state index contributed by atoms with van der Waals surface area (Å²) in [5.74, 6) is -0.761. The van der Waals surface area contributed by atoms with Crippen LogP contribution >= 0.6 is 0 Å². The summed E-state index contributed by atoms with van der Waals surface area (Å²) in [6.07, 6.45) is 11.4. The van der Waals surface area contributed by atoms with Crippen LogP contribution in [0.1, 0.15) is 77.6 Å². The lowest BCUT2D eigenvalue weighted by Gasteiger charge is -2.31. The molecule has 2 aromatic carbocycles. The van der Waals surface area contributed by atoms with E-state index in [9.17, 15) is 19.2 Å². The fraction of sp³-hybridized carbons (Fsp3) is 0.512. The van der Waals surface area contributed by atoms with Crippen molar-refractivity contribution >= 4 is 34.6 Å². The smallest absolute Gasteiger partial charge is 0.332 e. The number of likely N-dealkylation sites (tertiary alicyclic amines) is 1. The molecule has 3 amide bonds. The standard InChI is InChI=1S/C43H52N4O7/c1-3-53-42(51)43-27-31(43)18-12-6-4-5-9-17-30(23-39(48)46-21-13-8-14-22-46)41(50)47-28-33(25-37(47)40(49)45-43)54-38-26-32(52-2)24-36-34(38)19-20-35(44-36)29-15-10-7-11-16-29/h7,10-12,15-16,18-20,24,26,30-31,33,37H,3-6,8-9,13-14,17,21-23,25,27-28H2,1-2H3,(H,45,49)/b18-12-/t30-,31-,33-,37+,43-/m1/s1. The van der Waals surface area contributed by atoms with Crippen molar-refractivity contribution in [2.75, 3.05) is 33.4 Å². The van der Waals surface area contributed by atoms with Crippen LogP contribution in [0.15, 0.2) is 66.7 Å². The number of carbonyl (C=O) groups is 4. The Morgan fingerprint density at radius 2 is 1.78 bits per heavy atom. The van der Waals surface area contributed by atoms with Gasteiger partial charge in [-0.3, -0.25) is 14.4 Å². The number of esters is 1. The van der Waals surface area contributed by atoms with E-state index in [1.807, 2.05) is 59.5 Å². The lowest BCUT2D eigenvalue weighted by Crippen LogP contribution is -2.54. The number of aromatic nitrogens is 1. The second-order valence-corrected chi connectivity index (χ2v) is 15.1. The molecule has 1 aromatic heterocycles. The molecule has 54 heavy (non-hydrogen) atoms. The number of hydrogen-bond donors (Lipinski definition) is 1. The summed E-state index contributed by atoms with van der Waals surface area (Å²) in [7, 11) is 1.59. The van der Waals surface area contributed by atoms with Crippen LogP contribution < -0.4 is 14.8 Å². The minimum atomic E-state index is -1.17. The second kappa shape index (κ2) is 16.6. The van der Waals surface area contributed by atoms with Gasteiger partial charge < -0.3 is 29.3 Å². The van der Waals surface area contributed by atoms with Gasteiger partial charge >= 0.3 is 5.97 Å². The molecule has 3 aliphatic heterocycles. The summed E-state index contributed by atoms with van der Waals surface area (Å²) in [5.41, 5.74) is 1.31. The minimum Gasteiger partial charge on any atom is -0.497 e. The molecular formula is C43H52N4O7. The quantitative estimate of drug-likeness (QED) is 0.213. The van der Waals surface area contributed by atoms with Gasteiger partial charge in [0.1, 0.15) is 29.2 Å². The molecule has 1 N–H and O–H groups in total. The van der Waals surface area contributed by atoms with Gasteiger partial charge in [-0.05, 0) is 64.0 Å². The van der Waals surface area contributed by atoms with Crippen molar-refractivity contribution in [2.24, 2.45) is 11.8 Å². The Labute approximate surface area is 317 Å². The summed E-state index contributed by atoms with van der Waals surface area (Å²) < 4.78 is 17.8. The lowest BCUT2D eigenvalue weighted by atomic mass is 9.94. The molecule has 2 saturated heterocycles. The van der Waals surface area contributed by atoms with Crippen LogP contribution in [0, 0.1) is 11.8 Å². The minimum absolute atomic E-state index is 0.00536. The van der Waals surface area contributed by atoms with E-state index in [1.54, 1.807) is 25.0 Å². The topological polar surface area (TPSA) is 127 Å². The zero-order chi connectivity index (χ0) is 37.7. The van der Waals surface area contributed by atoms with Crippen LogP contribution in [0.5, 0.6) is 11.5 Å². The Morgan fingerprint density at radius 1 is 0.981 bits per heavy atom.